The molecule has 0 spiro atoms. The SMILES string of the molecule is CCCCCCCC/C=C/CCCCCCCCCCCC(=O)N[C@@H](CO[C@H]1O[C@@H](CO)[C@H](O)C(O)C1O)[C@H](O)CCCCCCCCCCCCCCCCC. The van der Waals surface area contributed by atoms with Crippen molar-refractivity contribution in [1.82, 2.24) is 5.32 Å². The van der Waals surface area contributed by atoms with Crippen LogP contribution in [-0.2, 0) is 14.3 Å². The molecule has 0 bridgehead atoms. The first-order valence-corrected chi connectivity index (χ1v) is 24.4. The first-order valence-electron chi connectivity index (χ1n) is 24.4. The molecule has 1 aliphatic rings. The molecule has 9 nitrogen and oxygen atoms in total. The number of carbonyl (C=O) groups is 1. The molecule has 2 unspecified atom stereocenters. The van der Waals surface area contributed by atoms with Crippen LogP contribution in [0.25, 0.3) is 0 Å². The van der Waals surface area contributed by atoms with Crippen molar-refractivity contribution in [2.75, 3.05) is 13.2 Å². The van der Waals surface area contributed by atoms with Crippen molar-refractivity contribution >= 4 is 5.91 Å². The highest BCUT2D eigenvalue weighted by Gasteiger charge is 2.44. The van der Waals surface area contributed by atoms with Gasteiger partial charge in [0.15, 0.2) is 6.29 Å². The Balaban J connectivity index is 2.29. The number of hydrogen-bond donors (Lipinski definition) is 6. The summed E-state index contributed by atoms with van der Waals surface area (Å²) in [7, 11) is 0. The van der Waals surface area contributed by atoms with Crippen LogP contribution in [-0.4, -0.2) is 87.5 Å². The lowest BCUT2D eigenvalue weighted by Gasteiger charge is -2.40. The molecule has 1 amide bonds. The standard InChI is InChI=1S/C48H93NO8/c1-3-5-7-9-11-13-15-17-19-20-21-22-24-26-28-30-32-34-36-38-44(52)49-41(40-56-48-47(55)46(54)45(53)43(39-50)57-48)42(51)37-35-33-31-29-27-25-23-18-16-14-12-10-8-6-4-2/h17,19,41-43,45-48,50-51,53-55H,3-16,18,20-40H2,1-2H3,(H,49,52)/b19-17+/t41-,42+,43-,45-,46?,47?,48-/m0/s1. The van der Waals surface area contributed by atoms with Crippen LogP contribution < -0.4 is 5.32 Å². The molecule has 57 heavy (non-hydrogen) atoms. The summed E-state index contributed by atoms with van der Waals surface area (Å²) >= 11 is 0. The van der Waals surface area contributed by atoms with Crippen molar-refractivity contribution in [2.24, 2.45) is 0 Å². The largest absolute Gasteiger partial charge is 0.394 e. The summed E-state index contributed by atoms with van der Waals surface area (Å²) in [6, 6.07) is -0.715. The molecule has 0 radical (unpaired) electrons. The van der Waals surface area contributed by atoms with Gasteiger partial charge in [-0.1, -0.05) is 199 Å². The van der Waals surface area contributed by atoms with Crippen LogP contribution in [0.1, 0.15) is 232 Å². The average molecular weight is 812 g/mol. The van der Waals surface area contributed by atoms with Gasteiger partial charge in [0.1, 0.15) is 24.4 Å². The average Bonchev–Trinajstić information content (AvgIpc) is 3.21. The maximum Gasteiger partial charge on any atom is 0.220 e. The summed E-state index contributed by atoms with van der Waals surface area (Å²) in [5.41, 5.74) is 0. The van der Waals surface area contributed by atoms with Crippen molar-refractivity contribution in [2.45, 2.75) is 275 Å². The number of aliphatic hydroxyl groups is 5. The maximum atomic E-state index is 13.0. The lowest BCUT2D eigenvalue weighted by atomic mass is 9.99. The Morgan fingerprint density at radius 3 is 1.42 bits per heavy atom. The van der Waals surface area contributed by atoms with E-state index in [9.17, 15) is 30.3 Å². The minimum Gasteiger partial charge on any atom is -0.394 e. The molecule has 0 aromatic heterocycles. The van der Waals surface area contributed by atoms with E-state index in [-0.39, 0.29) is 12.5 Å². The molecule has 0 aromatic rings. The van der Waals surface area contributed by atoms with E-state index in [1.165, 1.54) is 167 Å². The summed E-state index contributed by atoms with van der Waals surface area (Å²) in [5.74, 6) is -0.144. The lowest BCUT2D eigenvalue weighted by molar-refractivity contribution is -0.302. The Kier molecular flexibility index (Phi) is 37.0. The van der Waals surface area contributed by atoms with Gasteiger partial charge in [-0.2, -0.15) is 0 Å². The Hall–Kier alpha value is -1.07. The fourth-order valence-corrected chi connectivity index (χ4v) is 7.92. The monoisotopic (exact) mass is 812 g/mol. The lowest BCUT2D eigenvalue weighted by Crippen LogP contribution is -2.60. The molecular weight excluding hydrogens is 719 g/mol. The smallest absolute Gasteiger partial charge is 0.220 e. The van der Waals surface area contributed by atoms with Gasteiger partial charge < -0.3 is 40.3 Å². The highest BCUT2D eigenvalue weighted by molar-refractivity contribution is 5.76. The summed E-state index contributed by atoms with van der Waals surface area (Å²) in [4.78, 5) is 13.0. The minimum atomic E-state index is -1.55. The zero-order valence-corrected chi connectivity index (χ0v) is 37.1. The number of hydrogen-bond acceptors (Lipinski definition) is 8. The number of unbranched alkanes of at least 4 members (excludes halogenated alkanes) is 29. The van der Waals surface area contributed by atoms with Gasteiger partial charge in [0.25, 0.3) is 0 Å². The van der Waals surface area contributed by atoms with Crippen molar-refractivity contribution in [3.05, 3.63) is 12.2 Å². The molecule has 338 valence electrons. The zero-order chi connectivity index (χ0) is 41.6. The molecule has 7 atom stereocenters. The van der Waals surface area contributed by atoms with Crippen molar-refractivity contribution in [1.29, 1.82) is 0 Å². The Morgan fingerprint density at radius 2 is 0.982 bits per heavy atom. The normalized spacial score (nSPS) is 21.0. The number of ether oxygens (including phenoxy) is 2. The van der Waals surface area contributed by atoms with Crippen LogP contribution in [0.2, 0.25) is 0 Å². The first-order chi connectivity index (χ1) is 27.8. The molecule has 0 aliphatic carbocycles. The highest BCUT2D eigenvalue weighted by atomic mass is 16.7. The number of aliphatic hydroxyl groups excluding tert-OH is 5. The van der Waals surface area contributed by atoms with Crippen molar-refractivity contribution in [3.8, 4) is 0 Å². The van der Waals surface area contributed by atoms with E-state index in [1.54, 1.807) is 0 Å². The summed E-state index contributed by atoms with van der Waals surface area (Å²) in [6.07, 6.45) is 37.8. The van der Waals surface area contributed by atoms with Crippen LogP contribution in [0.4, 0.5) is 0 Å². The maximum absolute atomic E-state index is 13.0. The first kappa shape index (κ1) is 53.9. The predicted molar refractivity (Wildman–Crippen MR) is 235 cm³/mol. The number of carbonyl (C=O) groups excluding carboxylic acids is 1. The van der Waals surface area contributed by atoms with Gasteiger partial charge in [-0.15, -0.1) is 0 Å². The van der Waals surface area contributed by atoms with Crippen molar-refractivity contribution in [3.63, 3.8) is 0 Å². The molecule has 1 saturated heterocycles. The van der Waals surface area contributed by atoms with Gasteiger partial charge >= 0.3 is 0 Å². The molecule has 1 rings (SSSR count). The van der Waals surface area contributed by atoms with E-state index in [0.717, 1.165) is 38.5 Å². The summed E-state index contributed by atoms with van der Waals surface area (Å²) in [6.45, 7) is 3.84. The topological polar surface area (TPSA) is 149 Å². The van der Waals surface area contributed by atoms with E-state index < -0.39 is 49.5 Å². The van der Waals surface area contributed by atoms with Crippen LogP contribution in [0.5, 0.6) is 0 Å². The Morgan fingerprint density at radius 1 is 0.579 bits per heavy atom. The van der Waals surface area contributed by atoms with E-state index >= 15 is 0 Å². The predicted octanol–water partition coefficient (Wildman–Crippen LogP) is 10.5. The van der Waals surface area contributed by atoms with Gasteiger partial charge in [0, 0.05) is 6.42 Å². The third-order valence-corrected chi connectivity index (χ3v) is 11.9. The number of rotatable bonds is 41. The number of nitrogens with one attached hydrogen (secondary N) is 1. The molecule has 9 heteroatoms. The van der Waals surface area contributed by atoms with E-state index in [0.29, 0.717) is 12.8 Å². The Bertz CT molecular complexity index is 904. The molecule has 1 aliphatic heterocycles. The zero-order valence-electron chi connectivity index (χ0n) is 37.1. The minimum absolute atomic E-state index is 0.135. The van der Waals surface area contributed by atoms with E-state index in [4.69, 9.17) is 9.47 Å². The second kappa shape index (κ2) is 39.1. The van der Waals surface area contributed by atoms with Crippen LogP contribution in [0.15, 0.2) is 12.2 Å². The van der Waals surface area contributed by atoms with Gasteiger partial charge in [-0.25, -0.2) is 0 Å². The highest BCUT2D eigenvalue weighted by Crippen LogP contribution is 2.23. The molecule has 0 aromatic carbocycles. The molecule has 1 heterocycles. The van der Waals surface area contributed by atoms with Gasteiger partial charge in [0.2, 0.25) is 5.91 Å². The third kappa shape index (κ3) is 29.7. The summed E-state index contributed by atoms with van der Waals surface area (Å²) < 4.78 is 11.3. The number of allylic oxidation sites excluding steroid dienone is 2. The fraction of sp³-hybridized carbons (Fsp3) is 0.938. The second-order valence-electron chi connectivity index (χ2n) is 17.3. The van der Waals surface area contributed by atoms with Gasteiger partial charge in [-0.3, -0.25) is 4.79 Å². The van der Waals surface area contributed by atoms with Crippen LogP contribution in [0, 0.1) is 0 Å². The van der Waals surface area contributed by atoms with Crippen LogP contribution in [0.3, 0.4) is 0 Å². The van der Waals surface area contributed by atoms with Gasteiger partial charge in [0.05, 0.1) is 25.4 Å². The van der Waals surface area contributed by atoms with Gasteiger partial charge in [-0.05, 0) is 38.5 Å². The number of amides is 1. The summed E-state index contributed by atoms with van der Waals surface area (Å²) in [5, 5.41) is 54.4. The Labute approximate surface area is 350 Å². The van der Waals surface area contributed by atoms with Crippen molar-refractivity contribution < 1.29 is 39.8 Å². The van der Waals surface area contributed by atoms with E-state index in [1.807, 2.05) is 0 Å². The quantitative estimate of drug-likeness (QED) is 0.0264. The molecule has 6 N–H and O–H groups in total. The van der Waals surface area contributed by atoms with Crippen LogP contribution >= 0.6 is 0 Å². The molecule has 1 fully saturated rings. The second-order valence-corrected chi connectivity index (χ2v) is 17.3. The molecule has 0 saturated carbocycles. The molecular formula is C48H93NO8. The van der Waals surface area contributed by atoms with E-state index in [2.05, 4.69) is 31.3 Å². The fourth-order valence-electron chi connectivity index (χ4n) is 7.92. The third-order valence-electron chi connectivity index (χ3n) is 11.9.